The number of ether oxygens (including phenoxy) is 1. The largest absolute Gasteiger partial charge is 0.351 e. The van der Waals surface area contributed by atoms with Gasteiger partial charge in [-0.1, -0.05) is 25.5 Å². The van der Waals surface area contributed by atoms with Crippen molar-refractivity contribution in [3.63, 3.8) is 0 Å². The summed E-state index contributed by atoms with van der Waals surface area (Å²) in [5, 5.41) is 0. The molecule has 3 aliphatic carbocycles. The van der Waals surface area contributed by atoms with Crippen molar-refractivity contribution in [1.29, 1.82) is 0 Å². The van der Waals surface area contributed by atoms with E-state index in [1.807, 2.05) is 13.8 Å². The molecule has 3 nitrogen and oxygen atoms in total. The van der Waals surface area contributed by atoms with Crippen molar-refractivity contribution >= 4 is 0 Å². The molecule has 0 saturated heterocycles. The lowest BCUT2D eigenvalue weighted by Crippen LogP contribution is -2.48. The van der Waals surface area contributed by atoms with Gasteiger partial charge in [0, 0.05) is 7.11 Å². The summed E-state index contributed by atoms with van der Waals surface area (Å²) >= 11 is 0. The average molecular weight is 254 g/mol. The Kier molecular flexibility index (Phi) is 3.86. The maximum atomic E-state index is 5.26. The summed E-state index contributed by atoms with van der Waals surface area (Å²) in [6, 6.07) is 0. The van der Waals surface area contributed by atoms with E-state index in [1.165, 1.54) is 12.8 Å². The first-order chi connectivity index (χ1) is 8.37. The van der Waals surface area contributed by atoms with Crippen LogP contribution in [0.3, 0.4) is 0 Å². The van der Waals surface area contributed by atoms with Crippen LogP contribution >= 0.6 is 0 Å². The van der Waals surface area contributed by atoms with Gasteiger partial charge in [0.15, 0.2) is 5.79 Å². The van der Waals surface area contributed by atoms with Gasteiger partial charge in [-0.2, -0.15) is 0 Å². The summed E-state index contributed by atoms with van der Waals surface area (Å²) < 4.78 is 5.13. The molecule has 0 spiro atoms. The molecule has 0 aromatic carbocycles. The third kappa shape index (κ3) is 2.63. The molecule has 0 aromatic rings. The van der Waals surface area contributed by atoms with Gasteiger partial charge < -0.3 is 4.74 Å². The third-order valence-electron chi connectivity index (χ3n) is 4.81. The van der Waals surface area contributed by atoms with E-state index in [4.69, 9.17) is 14.5 Å². The minimum atomic E-state index is -0.665. The van der Waals surface area contributed by atoms with Gasteiger partial charge in [-0.25, -0.2) is 9.78 Å². The second kappa shape index (κ2) is 4.95. The molecule has 3 rings (SSSR count). The Hall–Kier alpha value is -0.380. The smallest absolute Gasteiger partial charge is 0.195 e. The number of hydrogen-bond acceptors (Lipinski definition) is 3. The molecule has 0 aliphatic heterocycles. The van der Waals surface area contributed by atoms with Gasteiger partial charge in [-0.05, 0) is 50.4 Å². The van der Waals surface area contributed by atoms with Gasteiger partial charge in [0.05, 0.1) is 6.61 Å². The molecule has 2 atom stereocenters. The predicted molar refractivity (Wildman–Crippen MR) is 70.8 cm³/mol. The lowest BCUT2D eigenvalue weighted by Gasteiger charge is -2.56. The molecule has 2 bridgehead atoms. The zero-order chi connectivity index (χ0) is 13.4. The van der Waals surface area contributed by atoms with E-state index in [0.717, 1.165) is 18.3 Å². The first-order valence-electron chi connectivity index (χ1n) is 6.91. The highest BCUT2D eigenvalue weighted by Crippen LogP contribution is 2.59. The lowest BCUT2D eigenvalue weighted by atomic mass is 9.48. The summed E-state index contributed by atoms with van der Waals surface area (Å²) in [7, 11) is 1.62. The zero-order valence-corrected chi connectivity index (χ0v) is 12.3. The summed E-state index contributed by atoms with van der Waals surface area (Å²) in [6.45, 7) is 9.07. The summed E-state index contributed by atoms with van der Waals surface area (Å²) in [5.74, 6) is 0.994. The van der Waals surface area contributed by atoms with Crippen LogP contribution in [0, 0.1) is 17.3 Å². The standard InChI is InChI=1S/C15H26O3/c1-14(2)12-7-6-11(13(14)10-12)8-9-17-18-15(3,4)16-5/h6,12-13H,7-10H2,1-5H3/t12-,13-/m0/s1. The van der Waals surface area contributed by atoms with Crippen LogP contribution in [0.2, 0.25) is 0 Å². The van der Waals surface area contributed by atoms with Crippen LogP contribution in [0.15, 0.2) is 11.6 Å². The highest BCUT2D eigenvalue weighted by Gasteiger charge is 2.50. The summed E-state index contributed by atoms with van der Waals surface area (Å²) in [6.07, 6.45) is 5.99. The van der Waals surface area contributed by atoms with E-state index >= 15 is 0 Å². The first-order valence-corrected chi connectivity index (χ1v) is 6.91. The van der Waals surface area contributed by atoms with E-state index in [0.29, 0.717) is 12.0 Å². The van der Waals surface area contributed by atoms with Crippen molar-refractivity contribution < 1.29 is 14.5 Å². The molecular weight excluding hydrogens is 228 g/mol. The van der Waals surface area contributed by atoms with Crippen LogP contribution in [-0.2, 0) is 14.5 Å². The van der Waals surface area contributed by atoms with Gasteiger partial charge in [0.1, 0.15) is 0 Å². The maximum Gasteiger partial charge on any atom is 0.195 e. The third-order valence-corrected chi connectivity index (χ3v) is 4.81. The maximum absolute atomic E-state index is 5.26. The van der Waals surface area contributed by atoms with Gasteiger partial charge in [-0.3, -0.25) is 0 Å². The van der Waals surface area contributed by atoms with Crippen molar-refractivity contribution in [3.8, 4) is 0 Å². The molecule has 0 N–H and O–H groups in total. The second-order valence-corrected chi connectivity index (χ2v) is 6.58. The second-order valence-electron chi connectivity index (χ2n) is 6.58. The Morgan fingerprint density at radius 3 is 2.67 bits per heavy atom. The first kappa shape index (κ1) is 14.0. The number of methoxy groups -OCH3 is 1. The zero-order valence-electron chi connectivity index (χ0n) is 12.3. The van der Waals surface area contributed by atoms with Crippen molar-refractivity contribution in [3.05, 3.63) is 11.6 Å². The summed E-state index contributed by atoms with van der Waals surface area (Å²) in [4.78, 5) is 10.5. The normalized spacial score (nSPS) is 29.7. The van der Waals surface area contributed by atoms with Gasteiger partial charge >= 0.3 is 0 Å². The van der Waals surface area contributed by atoms with Gasteiger partial charge in [0.25, 0.3) is 0 Å². The molecule has 1 saturated carbocycles. The minimum Gasteiger partial charge on any atom is -0.351 e. The molecule has 0 heterocycles. The van der Waals surface area contributed by atoms with E-state index in [1.54, 1.807) is 12.7 Å². The molecule has 0 radical (unpaired) electrons. The quantitative estimate of drug-likeness (QED) is 0.238. The van der Waals surface area contributed by atoms with Gasteiger partial charge in [-0.15, -0.1) is 0 Å². The van der Waals surface area contributed by atoms with E-state index in [2.05, 4.69) is 19.9 Å². The monoisotopic (exact) mass is 254 g/mol. The molecule has 104 valence electrons. The highest BCUT2D eigenvalue weighted by atomic mass is 17.2. The number of rotatable bonds is 6. The number of hydrogen-bond donors (Lipinski definition) is 0. The fourth-order valence-electron chi connectivity index (χ4n) is 3.13. The van der Waals surface area contributed by atoms with Crippen molar-refractivity contribution in [2.24, 2.45) is 17.3 Å². The molecule has 0 aromatic heterocycles. The average Bonchev–Trinajstić information content (AvgIpc) is 2.34. The van der Waals surface area contributed by atoms with Crippen LogP contribution in [0.5, 0.6) is 0 Å². The van der Waals surface area contributed by atoms with Crippen LogP contribution in [0.25, 0.3) is 0 Å². The topological polar surface area (TPSA) is 27.7 Å². The Morgan fingerprint density at radius 2 is 2.11 bits per heavy atom. The van der Waals surface area contributed by atoms with E-state index < -0.39 is 5.79 Å². The van der Waals surface area contributed by atoms with E-state index in [9.17, 15) is 0 Å². The SMILES string of the molecule is COC(C)(C)OOCCC1=CC[C@H]2C[C@@H]1C2(C)C. The Bertz CT molecular complexity index is 331. The molecule has 0 unspecified atom stereocenters. The Labute approximate surface area is 110 Å². The van der Waals surface area contributed by atoms with Crippen molar-refractivity contribution in [1.82, 2.24) is 0 Å². The van der Waals surface area contributed by atoms with Crippen LogP contribution in [0.4, 0.5) is 0 Å². The molecular formula is C15H26O3. The molecule has 0 amide bonds. The Balaban J connectivity index is 1.74. The highest BCUT2D eigenvalue weighted by molar-refractivity contribution is 5.23. The molecule has 3 heteroatoms. The predicted octanol–water partition coefficient (Wildman–Crippen LogP) is 3.70. The number of fused-ring (bicyclic) bond motifs is 1. The lowest BCUT2D eigenvalue weighted by molar-refractivity contribution is -0.412. The number of allylic oxidation sites excluding steroid dienone is 1. The molecule has 1 fully saturated rings. The van der Waals surface area contributed by atoms with Crippen LogP contribution < -0.4 is 0 Å². The van der Waals surface area contributed by atoms with Crippen molar-refractivity contribution in [2.45, 2.75) is 52.7 Å². The van der Waals surface area contributed by atoms with Crippen LogP contribution in [-0.4, -0.2) is 19.5 Å². The van der Waals surface area contributed by atoms with Gasteiger partial charge in [0.2, 0.25) is 0 Å². The Morgan fingerprint density at radius 1 is 1.39 bits per heavy atom. The van der Waals surface area contributed by atoms with Crippen molar-refractivity contribution in [2.75, 3.05) is 13.7 Å². The molecule has 18 heavy (non-hydrogen) atoms. The van der Waals surface area contributed by atoms with Crippen LogP contribution in [0.1, 0.15) is 47.0 Å². The fourth-order valence-corrected chi connectivity index (χ4v) is 3.13. The minimum absolute atomic E-state index is 0.497. The van der Waals surface area contributed by atoms with E-state index in [-0.39, 0.29) is 0 Å². The molecule has 3 aliphatic rings. The fraction of sp³-hybridized carbons (Fsp3) is 0.867. The summed E-state index contributed by atoms with van der Waals surface area (Å²) in [5.41, 5.74) is 2.05.